The van der Waals surface area contributed by atoms with Gasteiger partial charge in [0.15, 0.2) is 0 Å². The van der Waals surface area contributed by atoms with Crippen LogP contribution in [0.25, 0.3) is 0 Å². The highest BCUT2D eigenvalue weighted by Gasteiger charge is 2.20. The van der Waals surface area contributed by atoms with Crippen molar-refractivity contribution in [3.63, 3.8) is 0 Å². The lowest BCUT2D eigenvalue weighted by Gasteiger charge is -2.13. The number of oxazole rings is 1. The van der Waals surface area contributed by atoms with E-state index < -0.39 is 0 Å². The van der Waals surface area contributed by atoms with Crippen molar-refractivity contribution in [2.24, 2.45) is 0 Å². The normalized spacial score (nSPS) is 13.7. The number of carbonyl (C=O) groups excluding carboxylic acids is 1. The van der Waals surface area contributed by atoms with Gasteiger partial charge in [-0.05, 0) is 6.92 Å². The molecular formula is C10H15BrN2O2. The molecule has 15 heavy (non-hydrogen) atoms. The zero-order valence-electron chi connectivity index (χ0n) is 9.30. The van der Waals surface area contributed by atoms with Crippen LogP contribution in [0.3, 0.4) is 0 Å². The molecule has 1 aromatic heterocycles. The lowest BCUT2D eigenvalue weighted by Crippen LogP contribution is -2.20. The highest BCUT2D eigenvalue weighted by molar-refractivity contribution is 9.10. The molecule has 1 heterocycles. The van der Waals surface area contributed by atoms with Crippen LogP contribution in [0.4, 0.5) is 6.01 Å². The highest BCUT2D eigenvalue weighted by atomic mass is 79.9. The fraction of sp³-hybridized carbons (Fsp3) is 0.600. The largest absolute Gasteiger partial charge is 0.428 e. The first-order chi connectivity index (χ1) is 6.80. The fourth-order valence-electron chi connectivity index (χ4n) is 0.883. The molecule has 0 fully saturated rings. The van der Waals surface area contributed by atoms with Gasteiger partial charge in [0.2, 0.25) is 5.91 Å². The Labute approximate surface area is 97.6 Å². The van der Waals surface area contributed by atoms with Crippen LogP contribution in [0.1, 0.15) is 33.5 Å². The van der Waals surface area contributed by atoms with Gasteiger partial charge in [0.25, 0.3) is 0 Å². The molecule has 5 heteroatoms. The van der Waals surface area contributed by atoms with Crippen LogP contribution in [-0.2, 0) is 10.2 Å². The number of alkyl halides is 1. The molecule has 4 nitrogen and oxygen atoms in total. The van der Waals surface area contributed by atoms with Crippen LogP contribution < -0.4 is 5.32 Å². The molecule has 0 bridgehead atoms. The van der Waals surface area contributed by atoms with Crippen LogP contribution in [0.15, 0.2) is 10.6 Å². The molecule has 0 saturated carbocycles. The molecule has 0 aliphatic heterocycles. The van der Waals surface area contributed by atoms with E-state index in [4.69, 9.17) is 4.42 Å². The number of amides is 1. The summed E-state index contributed by atoms with van der Waals surface area (Å²) in [5.41, 5.74) is -0.101. The van der Waals surface area contributed by atoms with E-state index in [2.05, 4.69) is 26.2 Å². The van der Waals surface area contributed by atoms with Gasteiger partial charge in [-0.15, -0.1) is 0 Å². The number of aromatic nitrogens is 1. The number of hydrogen-bond donors (Lipinski definition) is 1. The van der Waals surface area contributed by atoms with E-state index in [9.17, 15) is 4.79 Å². The molecule has 0 aliphatic carbocycles. The second kappa shape index (κ2) is 4.35. The monoisotopic (exact) mass is 274 g/mol. The number of halogens is 1. The zero-order chi connectivity index (χ0) is 11.6. The van der Waals surface area contributed by atoms with Gasteiger partial charge in [-0.25, -0.2) is 4.98 Å². The Hall–Kier alpha value is -0.840. The van der Waals surface area contributed by atoms with Crippen LogP contribution in [0.5, 0.6) is 0 Å². The lowest BCUT2D eigenvalue weighted by molar-refractivity contribution is -0.115. The van der Waals surface area contributed by atoms with Crippen molar-refractivity contribution >= 4 is 27.9 Å². The summed E-state index contributed by atoms with van der Waals surface area (Å²) in [6.45, 7) is 7.80. The third-order valence-electron chi connectivity index (χ3n) is 1.84. The SMILES string of the molecule is C[C@@H](Br)C(=O)Nc1ncc(C(C)(C)C)o1. The maximum atomic E-state index is 11.3. The standard InChI is InChI=1S/C10H15BrN2O2/c1-6(11)8(14)13-9-12-5-7(15-9)10(2,3)4/h5-6H,1-4H3,(H,12,13,14)/t6-/m1/s1. The maximum absolute atomic E-state index is 11.3. The minimum Gasteiger partial charge on any atom is -0.428 e. The Morgan fingerprint density at radius 3 is 2.60 bits per heavy atom. The molecule has 84 valence electrons. The topological polar surface area (TPSA) is 55.1 Å². The van der Waals surface area contributed by atoms with Gasteiger partial charge in [0.1, 0.15) is 5.76 Å². The summed E-state index contributed by atoms with van der Waals surface area (Å²) >= 11 is 3.16. The van der Waals surface area contributed by atoms with E-state index in [1.807, 2.05) is 20.8 Å². The zero-order valence-corrected chi connectivity index (χ0v) is 10.9. The lowest BCUT2D eigenvalue weighted by atomic mass is 9.94. The predicted octanol–water partition coefficient (Wildman–Crippen LogP) is 2.69. The van der Waals surface area contributed by atoms with Gasteiger partial charge in [-0.1, -0.05) is 36.7 Å². The molecule has 1 amide bonds. The van der Waals surface area contributed by atoms with E-state index in [1.165, 1.54) is 0 Å². The van der Waals surface area contributed by atoms with Gasteiger partial charge in [-0.3, -0.25) is 10.1 Å². The number of anilines is 1. The van der Waals surface area contributed by atoms with E-state index in [1.54, 1.807) is 13.1 Å². The second-order valence-corrected chi connectivity index (χ2v) is 5.76. The molecule has 0 spiro atoms. The number of nitrogens with zero attached hydrogens (tertiary/aromatic N) is 1. The maximum Gasteiger partial charge on any atom is 0.301 e. The molecule has 0 aromatic carbocycles. The van der Waals surface area contributed by atoms with Crippen molar-refractivity contribution in [1.29, 1.82) is 0 Å². The summed E-state index contributed by atoms with van der Waals surface area (Å²) in [7, 11) is 0. The van der Waals surface area contributed by atoms with Crippen LogP contribution in [0, 0.1) is 0 Å². The summed E-state index contributed by atoms with van der Waals surface area (Å²) in [5.74, 6) is 0.581. The number of nitrogens with one attached hydrogen (secondary N) is 1. The van der Waals surface area contributed by atoms with Gasteiger partial charge >= 0.3 is 6.01 Å². The van der Waals surface area contributed by atoms with Gasteiger partial charge in [0.05, 0.1) is 11.0 Å². The average Bonchev–Trinajstić information content (AvgIpc) is 2.51. The van der Waals surface area contributed by atoms with Crippen molar-refractivity contribution in [2.45, 2.75) is 37.9 Å². The number of hydrogen-bond acceptors (Lipinski definition) is 3. The van der Waals surface area contributed by atoms with E-state index in [-0.39, 0.29) is 22.2 Å². The minimum absolute atomic E-state index is 0.101. The summed E-state index contributed by atoms with van der Waals surface area (Å²) in [6, 6.07) is 0.247. The molecule has 0 aliphatic rings. The number of rotatable bonds is 2. The van der Waals surface area contributed by atoms with Crippen molar-refractivity contribution < 1.29 is 9.21 Å². The van der Waals surface area contributed by atoms with Gasteiger partial charge < -0.3 is 4.42 Å². The second-order valence-electron chi connectivity index (χ2n) is 4.38. The van der Waals surface area contributed by atoms with Crippen molar-refractivity contribution in [1.82, 2.24) is 4.98 Å². The third-order valence-corrected chi connectivity index (χ3v) is 2.25. The van der Waals surface area contributed by atoms with Crippen molar-refractivity contribution in [3.05, 3.63) is 12.0 Å². The van der Waals surface area contributed by atoms with Crippen LogP contribution >= 0.6 is 15.9 Å². The molecule has 1 aromatic rings. The van der Waals surface area contributed by atoms with E-state index >= 15 is 0 Å². The number of carbonyl (C=O) groups is 1. The first-order valence-corrected chi connectivity index (χ1v) is 5.63. The Morgan fingerprint density at radius 2 is 2.20 bits per heavy atom. The summed E-state index contributed by atoms with van der Waals surface area (Å²) in [6.07, 6.45) is 1.63. The molecular weight excluding hydrogens is 260 g/mol. The summed E-state index contributed by atoms with van der Waals surface area (Å²) < 4.78 is 5.40. The summed E-state index contributed by atoms with van der Waals surface area (Å²) in [5, 5.41) is 2.57. The molecule has 1 N–H and O–H groups in total. The van der Waals surface area contributed by atoms with Gasteiger partial charge in [0, 0.05) is 5.41 Å². The molecule has 0 unspecified atom stereocenters. The Balaban J connectivity index is 2.73. The van der Waals surface area contributed by atoms with Gasteiger partial charge in [-0.2, -0.15) is 0 Å². The molecule has 1 rings (SSSR count). The Bertz CT molecular complexity index is 353. The van der Waals surface area contributed by atoms with Crippen molar-refractivity contribution in [2.75, 3.05) is 5.32 Å². The quantitative estimate of drug-likeness (QED) is 0.844. The molecule has 0 saturated heterocycles. The predicted molar refractivity (Wildman–Crippen MR) is 62.2 cm³/mol. The average molecular weight is 275 g/mol. The minimum atomic E-state index is -0.262. The van der Waals surface area contributed by atoms with Crippen LogP contribution in [-0.4, -0.2) is 15.7 Å². The Kier molecular flexibility index (Phi) is 3.54. The summed E-state index contributed by atoms with van der Waals surface area (Å²) in [4.78, 5) is 15.0. The van der Waals surface area contributed by atoms with Crippen molar-refractivity contribution in [3.8, 4) is 0 Å². The van der Waals surface area contributed by atoms with E-state index in [0.29, 0.717) is 0 Å². The Morgan fingerprint density at radius 1 is 1.60 bits per heavy atom. The molecule has 0 radical (unpaired) electrons. The highest BCUT2D eigenvalue weighted by Crippen LogP contribution is 2.24. The first kappa shape index (κ1) is 12.2. The smallest absolute Gasteiger partial charge is 0.301 e. The first-order valence-electron chi connectivity index (χ1n) is 4.72. The third kappa shape index (κ3) is 3.34. The molecule has 1 atom stereocenters. The van der Waals surface area contributed by atoms with Crippen LogP contribution in [0.2, 0.25) is 0 Å². The fourth-order valence-corrected chi connectivity index (χ4v) is 0.998. The van der Waals surface area contributed by atoms with E-state index in [0.717, 1.165) is 5.76 Å².